The highest BCUT2D eigenvalue weighted by molar-refractivity contribution is 5.26. The van der Waals surface area contributed by atoms with Crippen LogP contribution in [0.25, 0.3) is 0 Å². The van der Waals surface area contributed by atoms with Gasteiger partial charge in [0.2, 0.25) is 0 Å². The molecule has 1 atom stereocenters. The lowest BCUT2D eigenvalue weighted by Crippen LogP contribution is -2.09. The van der Waals surface area contributed by atoms with Gasteiger partial charge in [-0.05, 0) is 26.0 Å². The van der Waals surface area contributed by atoms with E-state index < -0.39 is 6.10 Å². The molecule has 2 rings (SSSR count). The SMILES string of the molecule is CCn1nccc1C(O)c1ccoc1C. The Balaban J connectivity index is 2.36. The van der Waals surface area contributed by atoms with E-state index in [0.717, 1.165) is 23.6 Å². The van der Waals surface area contributed by atoms with E-state index in [2.05, 4.69) is 5.10 Å². The number of furan rings is 1. The summed E-state index contributed by atoms with van der Waals surface area (Å²) in [6.07, 6.45) is 2.61. The number of aromatic nitrogens is 2. The predicted octanol–water partition coefficient (Wildman–Crippen LogP) is 1.89. The molecule has 0 bridgehead atoms. The van der Waals surface area contributed by atoms with E-state index in [0.29, 0.717) is 0 Å². The smallest absolute Gasteiger partial charge is 0.124 e. The van der Waals surface area contributed by atoms with Gasteiger partial charge in [-0.1, -0.05) is 0 Å². The van der Waals surface area contributed by atoms with Crippen molar-refractivity contribution in [1.82, 2.24) is 9.78 Å². The van der Waals surface area contributed by atoms with Gasteiger partial charge in [0.15, 0.2) is 0 Å². The molecule has 4 heteroatoms. The Labute approximate surface area is 88.1 Å². The zero-order valence-corrected chi connectivity index (χ0v) is 8.84. The van der Waals surface area contributed by atoms with Gasteiger partial charge in [-0.15, -0.1) is 0 Å². The maximum atomic E-state index is 10.1. The van der Waals surface area contributed by atoms with Crippen LogP contribution in [-0.2, 0) is 6.54 Å². The number of aliphatic hydroxyl groups excluding tert-OH is 1. The topological polar surface area (TPSA) is 51.2 Å². The number of nitrogens with zero attached hydrogens (tertiary/aromatic N) is 2. The third-order valence-electron chi connectivity index (χ3n) is 2.52. The molecule has 0 radical (unpaired) electrons. The minimum atomic E-state index is -0.661. The first-order valence-corrected chi connectivity index (χ1v) is 4.97. The number of hydrogen-bond donors (Lipinski definition) is 1. The van der Waals surface area contributed by atoms with Crippen molar-refractivity contribution in [3.05, 3.63) is 41.6 Å². The first-order chi connectivity index (χ1) is 7.24. The molecule has 2 aromatic rings. The second kappa shape index (κ2) is 3.90. The molecular weight excluding hydrogens is 192 g/mol. The number of hydrogen-bond acceptors (Lipinski definition) is 3. The Morgan fingerprint density at radius 2 is 2.33 bits per heavy atom. The molecule has 2 aromatic heterocycles. The first kappa shape index (κ1) is 9.98. The van der Waals surface area contributed by atoms with Crippen LogP contribution in [-0.4, -0.2) is 14.9 Å². The highest BCUT2D eigenvalue weighted by Gasteiger charge is 2.18. The third kappa shape index (κ3) is 1.68. The predicted molar refractivity (Wildman–Crippen MR) is 55.4 cm³/mol. The first-order valence-electron chi connectivity index (χ1n) is 4.97. The van der Waals surface area contributed by atoms with E-state index in [1.54, 1.807) is 23.2 Å². The number of aliphatic hydroxyl groups is 1. The van der Waals surface area contributed by atoms with E-state index in [9.17, 15) is 5.11 Å². The molecule has 80 valence electrons. The quantitative estimate of drug-likeness (QED) is 0.834. The van der Waals surface area contributed by atoms with Gasteiger partial charge in [0, 0.05) is 18.3 Å². The van der Waals surface area contributed by atoms with Gasteiger partial charge in [0.05, 0.1) is 12.0 Å². The minimum absolute atomic E-state index is 0.661. The maximum Gasteiger partial charge on any atom is 0.124 e. The molecule has 0 spiro atoms. The number of aryl methyl sites for hydroxylation is 2. The zero-order chi connectivity index (χ0) is 10.8. The van der Waals surface area contributed by atoms with Crippen molar-refractivity contribution in [3.8, 4) is 0 Å². The van der Waals surface area contributed by atoms with Gasteiger partial charge in [0.25, 0.3) is 0 Å². The van der Waals surface area contributed by atoms with Crippen LogP contribution in [0.3, 0.4) is 0 Å². The molecule has 1 N–H and O–H groups in total. The normalized spacial score (nSPS) is 13.0. The van der Waals surface area contributed by atoms with E-state index in [1.807, 2.05) is 19.9 Å². The molecule has 0 saturated heterocycles. The average Bonchev–Trinajstić information content (AvgIpc) is 2.84. The second-order valence-corrected chi connectivity index (χ2v) is 3.41. The van der Waals surface area contributed by atoms with E-state index in [1.165, 1.54) is 0 Å². The number of rotatable bonds is 3. The van der Waals surface area contributed by atoms with Gasteiger partial charge in [0.1, 0.15) is 11.9 Å². The summed E-state index contributed by atoms with van der Waals surface area (Å²) in [6, 6.07) is 3.60. The van der Waals surface area contributed by atoms with Gasteiger partial charge in [-0.25, -0.2) is 0 Å². The molecule has 0 amide bonds. The molecule has 0 aliphatic carbocycles. The fourth-order valence-corrected chi connectivity index (χ4v) is 1.68. The molecule has 0 fully saturated rings. The summed E-state index contributed by atoms with van der Waals surface area (Å²) in [4.78, 5) is 0. The van der Waals surface area contributed by atoms with E-state index in [-0.39, 0.29) is 0 Å². The third-order valence-corrected chi connectivity index (χ3v) is 2.52. The molecule has 15 heavy (non-hydrogen) atoms. The van der Waals surface area contributed by atoms with Crippen molar-refractivity contribution < 1.29 is 9.52 Å². The molecule has 0 aliphatic rings. The van der Waals surface area contributed by atoms with Crippen molar-refractivity contribution in [2.75, 3.05) is 0 Å². The summed E-state index contributed by atoms with van der Waals surface area (Å²) < 4.78 is 6.94. The Bertz CT molecular complexity index is 445. The van der Waals surface area contributed by atoms with Gasteiger partial charge >= 0.3 is 0 Å². The maximum absolute atomic E-state index is 10.1. The lowest BCUT2D eigenvalue weighted by molar-refractivity contribution is 0.206. The summed E-state index contributed by atoms with van der Waals surface area (Å²) in [5, 5.41) is 14.3. The van der Waals surface area contributed by atoms with Crippen molar-refractivity contribution in [3.63, 3.8) is 0 Å². The Hall–Kier alpha value is -1.55. The summed E-state index contributed by atoms with van der Waals surface area (Å²) in [7, 11) is 0. The molecule has 0 aromatic carbocycles. The standard InChI is InChI=1S/C11H14N2O2/c1-3-13-10(4-6-12-13)11(14)9-5-7-15-8(9)2/h4-7,11,14H,3H2,1-2H3. The van der Waals surface area contributed by atoms with Crippen molar-refractivity contribution in [1.29, 1.82) is 0 Å². The van der Waals surface area contributed by atoms with Crippen LogP contribution in [0.1, 0.15) is 30.0 Å². The van der Waals surface area contributed by atoms with Gasteiger partial charge < -0.3 is 9.52 Å². The van der Waals surface area contributed by atoms with Crippen LogP contribution < -0.4 is 0 Å². The highest BCUT2D eigenvalue weighted by atomic mass is 16.3. The van der Waals surface area contributed by atoms with Crippen LogP contribution in [0.2, 0.25) is 0 Å². The van der Waals surface area contributed by atoms with Crippen molar-refractivity contribution in [2.45, 2.75) is 26.5 Å². The summed E-state index contributed by atoms with van der Waals surface area (Å²) in [5.74, 6) is 0.742. The Kier molecular flexibility index (Phi) is 2.60. The summed E-state index contributed by atoms with van der Waals surface area (Å²) in [6.45, 7) is 4.58. The van der Waals surface area contributed by atoms with Crippen molar-refractivity contribution >= 4 is 0 Å². The van der Waals surface area contributed by atoms with E-state index >= 15 is 0 Å². The van der Waals surface area contributed by atoms with Crippen LogP contribution in [0, 0.1) is 6.92 Å². The van der Waals surface area contributed by atoms with Crippen LogP contribution in [0.4, 0.5) is 0 Å². The Morgan fingerprint density at radius 1 is 1.53 bits per heavy atom. The summed E-state index contributed by atoms with van der Waals surface area (Å²) >= 11 is 0. The monoisotopic (exact) mass is 206 g/mol. The van der Waals surface area contributed by atoms with E-state index in [4.69, 9.17) is 4.42 Å². The zero-order valence-electron chi connectivity index (χ0n) is 8.84. The fourth-order valence-electron chi connectivity index (χ4n) is 1.68. The van der Waals surface area contributed by atoms with Crippen LogP contribution in [0.5, 0.6) is 0 Å². The fraction of sp³-hybridized carbons (Fsp3) is 0.364. The Morgan fingerprint density at radius 3 is 2.93 bits per heavy atom. The molecule has 2 heterocycles. The van der Waals surface area contributed by atoms with Crippen LogP contribution >= 0.6 is 0 Å². The molecular formula is C11H14N2O2. The van der Waals surface area contributed by atoms with Crippen LogP contribution in [0.15, 0.2) is 29.0 Å². The second-order valence-electron chi connectivity index (χ2n) is 3.41. The van der Waals surface area contributed by atoms with Gasteiger partial charge in [-0.3, -0.25) is 4.68 Å². The van der Waals surface area contributed by atoms with Crippen molar-refractivity contribution in [2.24, 2.45) is 0 Å². The average molecular weight is 206 g/mol. The summed E-state index contributed by atoms with van der Waals surface area (Å²) in [5.41, 5.74) is 1.59. The lowest BCUT2D eigenvalue weighted by atomic mass is 10.1. The molecule has 0 saturated carbocycles. The van der Waals surface area contributed by atoms with Gasteiger partial charge in [-0.2, -0.15) is 5.10 Å². The molecule has 0 aliphatic heterocycles. The molecule has 1 unspecified atom stereocenters. The molecule has 4 nitrogen and oxygen atoms in total. The highest BCUT2D eigenvalue weighted by Crippen LogP contribution is 2.24. The lowest BCUT2D eigenvalue weighted by Gasteiger charge is -2.11. The minimum Gasteiger partial charge on any atom is -0.469 e. The largest absolute Gasteiger partial charge is 0.469 e.